The number of thiol groups is 1. The minimum absolute atomic E-state index is 0.759. The van der Waals surface area contributed by atoms with Gasteiger partial charge in [-0.15, -0.1) is 0 Å². The van der Waals surface area contributed by atoms with E-state index in [0.717, 1.165) is 18.4 Å². The normalized spacial score (nSPS) is 9.43. The van der Waals surface area contributed by atoms with E-state index in [0.29, 0.717) is 0 Å². The van der Waals surface area contributed by atoms with Gasteiger partial charge in [0.05, 0.1) is 6.61 Å². The van der Waals surface area contributed by atoms with Gasteiger partial charge in [-0.25, -0.2) is 0 Å². The highest BCUT2D eigenvalue weighted by molar-refractivity contribution is 9.09. The first-order chi connectivity index (χ1) is 3.41. The molecule has 0 N–H and O–H groups in total. The maximum Gasteiger partial charge on any atom is 0.0610 e. The number of hydrogen-bond acceptors (Lipinski definition) is 2. The molecule has 0 aliphatic rings. The molecule has 0 rings (SSSR count). The van der Waals surface area contributed by atoms with Gasteiger partial charge in [0.1, 0.15) is 0 Å². The Bertz CT molecular complexity index is 30.9. The summed E-state index contributed by atoms with van der Waals surface area (Å²) in [4.78, 5) is 0. The second-order valence-electron chi connectivity index (χ2n) is 1.23. The first-order valence-electron chi connectivity index (χ1n) is 2.24. The molecule has 0 aliphatic carbocycles. The first kappa shape index (κ1) is 7.79. The summed E-state index contributed by atoms with van der Waals surface area (Å²) in [5.41, 5.74) is 0. The van der Waals surface area contributed by atoms with Gasteiger partial charge < -0.3 is 4.18 Å². The molecule has 0 saturated heterocycles. The average Bonchev–Trinajstić information content (AvgIpc) is 1.69. The van der Waals surface area contributed by atoms with Crippen molar-refractivity contribution in [1.29, 1.82) is 0 Å². The molecular formula is C4H9BrOS. The molecule has 0 fully saturated rings. The number of halogens is 1. The number of alkyl halides is 1. The number of hydrogen-bond donors (Lipinski definition) is 1. The van der Waals surface area contributed by atoms with Crippen LogP contribution in [0.3, 0.4) is 0 Å². The molecule has 0 radical (unpaired) electrons. The summed E-state index contributed by atoms with van der Waals surface area (Å²) < 4.78 is 4.52. The third-order valence-electron chi connectivity index (χ3n) is 0.619. The lowest BCUT2D eigenvalue weighted by Crippen LogP contribution is -1.83. The Morgan fingerprint density at radius 3 is 2.57 bits per heavy atom. The molecule has 1 nitrogen and oxygen atoms in total. The van der Waals surface area contributed by atoms with Gasteiger partial charge in [-0.1, -0.05) is 15.9 Å². The van der Waals surface area contributed by atoms with Crippen molar-refractivity contribution in [2.75, 3.05) is 11.9 Å². The van der Waals surface area contributed by atoms with E-state index in [-0.39, 0.29) is 0 Å². The molecule has 0 amide bonds. The summed E-state index contributed by atoms with van der Waals surface area (Å²) in [6.45, 7) is 0.759. The van der Waals surface area contributed by atoms with Crippen LogP contribution >= 0.6 is 28.8 Å². The van der Waals surface area contributed by atoms with Gasteiger partial charge in [0.25, 0.3) is 0 Å². The summed E-state index contributed by atoms with van der Waals surface area (Å²) in [6, 6.07) is 0. The van der Waals surface area contributed by atoms with Gasteiger partial charge in [0.2, 0.25) is 0 Å². The number of rotatable bonds is 4. The van der Waals surface area contributed by atoms with Crippen LogP contribution < -0.4 is 0 Å². The summed E-state index contributed by atoms with van der Waals surface area (Å²) >= 11 is 6.88. The van der Waals surface area contributed by atoms with Crippen LogP contribution in [0.25, 0.3) is 0 Å². The number of unbranched alkanes of at least 4 members (excludes halogenated alkanes) is 1. The van der Waals surface area contributed by atoms with Crippen LogP contribution in [0.2, 0.25) is 0 Å². The molecule has 7 heavy (non-hydrogen) atoms. The molecule has 44 valence electrons. The maximum atomic E-state index is 4.52. The van der Waals surface area contributed by atoms with E-state index in [1.807, 2.05) is 0 Å². The van der Waals surface area contributed by atoms with Gasteiger partial charge >= 0.3 is 0 Å². The highest BCUT2D eigenvalue weighted by Gasteiger charge is 1.81. The predicted molar refractivity (Wildman–Crippen MR) is 38.0 cm³/mol. The summed E-state index contributed by atoms with van der Waals surface area (Å²) in [5, 5.41) is 1.06. The van der Waals surface area contributed by atoms with Crippen LogP contribution in [-0.4, -0.2) is 11.9 Å². The average molecular weight is 185 g/mol. The largest absolute Gasteiger partial charge is 0.318 e. The van der Waals surface area contributed by atoms with Crippen LogP contribution in [0.5, 0.6) is 0 Å². The zero-order chi connectivity index (χ0) is 5.54. The molecule has 0 aliphatic heterocycles. The standard InChI is InChI=1S/C4H9BrOS/c5-3-1-2-4-6-7/h7H,1-4H2. The molecule has 0 atom stereocenters. The highest BCUT2D eigenvalue weighted by Crippen LogP contribution is 1.94. The van der Waals surface area contributed by atoms with Crippen LogP contribution in [0.4, 0.5) is 0 Å². The molecule has 3 heteroatoms. The molecule has 0 heterocycles. The van der Waals surface area contributed by atoms with E-state index in [9.17, 15) is 0 Å². The molecule has 0 spiro atoms. The Morgan fingerprint density at radius 2 is 2.14 bits per heavy atom. The van der Waals surface area contributed by atoms with E-state index >= 15 is 0 Å². The first-order valence-corrected chi connectivity index (χ1v) is 3.73. The fraction of sp³-hybridized carbons (Fsp3) is 1.00. The molecule has 0 aromatic carbocycles. The van der Waals surface area contributed by atoms with Crippen LogP contribution in [0.15, 0.2) is 0 Å². The fourth-order valence-electron chi connectivity index (χ4n) is 0.261. The lowest BCUT2D eigenvalue weighted by Gasteiger charge is -1.90. The summed E-state index contributed by atoms with van der Waals surface area (Å²) in [5.74, 6) is 0. The zero-order valence-corrected chi connectivity index (χ0v) is 6.54. The fourth-order valence-corrected chi connectivity index (χ4v) is 0.787. The Morgan fingerprint density at radius 1 is 1.43 bits per heavy atom. The van der Waals surface area contributed by atoms with Crippen molar-refractivity contribution in [2.45, 2.75) is 12.8 Å². The van der Waals surface area contributed by atoms with Crippen molar-refractivity contribution in [1.82, 2.24) is 0 Å². The van der Waals surface area contributed by atoms with Crippen LogP contribution in [-0.2, 0) is 4.18 Å². The molecular weight excluding hydrogens is 176 g/mol. The quantitative estimate of drug-likeness (QED) is 0.305. The summed E-state index contributed by atoms with van der Waals surface area (Å²) in [6.07, 6.45) is 2.26. The predicted octanol–water partition coefficient (Wildman–Crippen LogP) is 2.02. The van der Waals surface area contributed by atoms with E-state index < -0.39 is 0 Å². The zero-order valence-electron chi connectivity index (χ0n) is 4.06. The van der Waals surface area contributed by atoms with Crippen LogP contribution in [0, 0.1) is 0 Å². The maximum absolute atomic E-state index is 4.52. The van der Waals surface area contributed by atoms with Gasteiger partial charge in [-0.2, -0.15) is 0 Å². The Hall–Kier alpha value is 0.790. The highest BCUT2D eigenvalue weighted by atomic mass is 79.9. The third-order valence-corrected chi connectivity index (χ3v) is 1.36. The van der Waals surface area contributed by atoms with Gasteiger partial charge in [-0.3, -0.25) is 0 Å². The molecule has 0 unspecified atom stereocenters. The SMILES string of the molecule is SOCCCCBr. The molecule has 0 aromatic heterocycles. The van der Waals surface area contributed by atoms with Crippen molar-refractivity contribution < 1.29 is 4.18 Å². The molecule has 0 saturated carbocycles. The van der Waals surface area contributed by atoms with Crippen molar-refractivity contribution in [2.24, 2.45) is 0 Å². The lowest BCUT2D eigenvalue weighted by atomic mass is 10.4. The lowest BCUT2D eigenvalue weighted by molar-refractivity contribution is 0.370. The smallest absolute Gasteiger partial charge is 0.0610 e. The Balaban J connectivity index is 2.45. The molecule has 0 aromatic rings. The third kappa shape index (κ3) is 6.79. The van der Waals surface area contributed by atoms with Crippen molar-refractivity contribution >= 4 is 28.8 Å². The van der Waals surface area contributed by atoms with Crippen molar-refractivity contribution in [3.8, 4) is 0 Å². The Kier molecular flexibility index (Phi) is 7.56. The minimum atomic E-state index is 0.759. The van der Waals surface area contributed by atoms with Gasteiger partial charge in [0, 0.05) is 5.33 Å². The monoisotopic (exact) mass is 184 g/mol. The topological polar surface area (TPSA) is 9.23 Å². The second kappa shape index (κ2) is 6.79. The summed E-state index contributed by atoms with van der Waals surface area (Å²) in [7, 11) is 0. The van der Waals surface area contributed by atoms with Gasteiger partial charge in [0.15, 0.2) is 0 Å². The van der Waals surface area contributed by atoms with Crippen LogP contribution in [0.1, 0.15) is 12.8 Å². The van der Waals surface area contributed by atoms with E-state index in [2.05, 4.69) is 33.0 Å². The van der Waals surface area contributed by atoms with E-state index in [1.54, 1.807) is 0 Å². The Labute approximate surface area is 58.2 Å². The van der Waals surface area contributed by atoms with Crippen molar-refractivity contribution in [3.05, 3.63) is 0 Å². The molecule has 0 bridgehead atoms. The second-order valence-corrected chi connectivity index (χ2v) is 2.28. The van der Waals surface area contributed by atoms with E-state index in [1.165, 1.54) is 6.42 Å². The van der Waals surface area contributed by atoms with Gasteiger partial charge in [-0.05, 0) is 25.8 Å². The minimum Gasteiger partial charge on any atom is -0.318 e. The van der Waals surface area contributed by atoms with Crippen molar-refractivity contribution in [3.63, 3.8) is 0 Å². The van der Waals surface area contributed by atoms with E-state index in [4.69, 9.17) is 0 Å².